The van der Waals surface area contributed by atoms with Crippen molar-refractivity contribution in [2.45, 2.75) is 42.3 Å². The van der Waals surface area contributed by atoms with Gasteiger partial charge in [-0.1, -0.05) is 17.8 Å². The smallest absolute Gasteiger partial charge is 0.203 e. The first-order valence-electron chi connectivity index (χ1n) is 12.0. The molecule has 0 spiro atoms. The Kier molecular flexibility index (Phi) is 9.01. The number of methoxy groups -OCH3 is 4. The van der Waals surface area contributed by atoms with Crippen molar-refractivity contribution in [3.63, 3.8) is 0 Å². The fraction of sp³-hybridized carbons (Fsp3) is 0.357. The lowest BCUT2D eigenvalue weighted by Gasteiger charge is -2.20. The standard InChI is InChI=1S/C28H28F4O6S/c1-14(39-28-25(31)17(29)13-18(30)26(28)32)37-21-7-6-15(10-22(21)33-2)19-8-9-20(38-19)16-11-23(34-3)27(36-5)24(12-16)35-4/h6-7,10-14,19-20H,8-9H2,1-5H3. The van der Waals surface area contributed by atoms with E-state index in [4.69, 9.17) is 28.4 Å². The summed E-state index contributed by atoms with van der Waals surface area (Å²) >= 11 is 0.513. The Balaban J connectivity index is 1.49. The Bertz CT molecular complexity index is 1290. The molecule has 3 aromatic carbocycles. The lowest BCUT2D eigenvalue weighted by molar-refractivity contribution is 0.0436. The van der Waals surface area contributed by atoms with Crippen LogP contribution in [0.5, 0.6) is 28.7 Å². The van der Waals surface area contributed by atoms with Crippen molar-refractivity contribution in [1.29, 1.82) is 0 Å². The molecule has 1 fully saturated rings. The normalized spacial score (nSPS) is 17.6. The number of rotatable bonds is 10. The van der Waals surface area contributed by atoms with E-state index in [1.165, 1.54) is 14.0 Å². The van der Waals surface area contributed by atoms with Gasteiger partial charge in [0.1, 0.15) is 5.44 Å². The lowest BCUT2D eigenvalue weighted by atomic mass is 10.0. The molecule has 0 amide bonds. The van der Waals surface area contributed by atoms with E-state index in [-0.39, 0.29) is 24.0 Å². The quantitative estimate of drug-likeness (QED) is 0.109. The second kappa shape index (κ2) is 12.3. The summed E-state index contributed by atoms with van der Waals surface area (Å²) in [5.74, 6) is -3.68. The van der Waals surface area contributed by atoms with Crippen LogP contribution in [0.15, 0.2) is 41.3 Å². The van der Waals surface area contributed by atoms with E-state index in [9.17, 15) is 17.6 Å². The van der Waals surface area contributed by atoms with Crippen molar-refractivity contribution in [2.75, 3.05) is 28.4 Å². The highest BCUT2D eigenvalue weighted by Crippen LogP contribution is 2.47. The minimum atomic E-state index is -1.48. The molecular weight excluding hydrogens is 540 g/mol. The van der Waals surface area contributed by atoms with Gasteiger partial charge in [-0.15, -0.1) is 0 Å². The zero-order chi connectivity index (χ0) is 28.3. The lowest BCUT2D eigenvalue weighted by Crippen LogP contribution is -2.10. The van der Waals surface area contributed by atoms with Gasteiger partial charge in [-0.05, 0) is 55.2 Å². The monoisotopic (exact) mass is 568 g/mol. The largest absolute Gasteiger partial charge is 0.493 e. The SMILES string of the molecule is COc1cc(C2CCC(c3cc(OC)c(OC)c(OC)c3)O2)ccc1OC(C)Sc1c(F)c(F)cc(F)c1F. The summed E-state index contributed by atoms with van der Waals surface area (Å²) in [5, 5.41) is 0. The summed E-state index contributed by atoms with van der Waals surface area (Å²) in [6, 6.07) is 9.11. The maximum absolute atomic E-state index is 14.1. The highest BCUT2D eigenvalue weighted by Gasteiger charge is 2.30. The summed E-state index contributed by atoms with van der Waals surface area (Å²) < 4.78 is 89.2. The molecule has 0 radical (unpaired) electrons. The molecule has 11 heteroatoms. The fourth-order valence-electron chi connectivity index (χ4n) is 4.42. The van der Waals surface area contributed by atoms with Gasteiger partial charge in [0.15, 0.2) is 46.3 Å². The highest BCUT2D eigenvalue weighted by molar-refractivity contribution is 7.99. The van der Waals surface area contributed by atoms with Gasteiger partial charge in [0, 0.05) is 6.07 Å². The molecule has 4 rings (SSSR count). The molecule has 1 aliphatic rings. The fourth-order valence-corrected chi connectivity index (χ4v) is 5.31. The van der Waals surface area contributed by atoms with Crippen LogP contribution >= 0.6 is 11.8 Å². The van der Waals surface area contributed by atoms with Crippen molar-refractivity contribution in [3.8, 4) is 28.7 Å². The summed E-state index contributed by atoms with van der Waals surface area (Å²) in [6.07, 6.45) is 1.04. The molecule has 0 aliphatic carbocycles. The molecule has 1 saturated heterocycles. The first-order chi connectivity index (χ1) is 18.7. The predicted octanol–water partition coefficient (Wildman–Crippen LogP) is 7.39. The second-order valence-corrected chi connectivity index (χ2v) is 9.97. The number of ether oxygens (including phenoxy) is 6. The van der Waals surface area contributed by atoms with Gasteiger partial charge >= 0.3 is 0 Å². The Hall–Kier alpha value is -3.31. The van der Waals surface area contributed by atoms with E-state index in [1.807, 2.05) is 12.1 Å². The molecule has 0 N–H and O–H groups in total. The maximum atomic E-state index is 14.1. The Morgan fingerprint density at radius 2 is 1.26 bits per heavy atom. The van der Waals surface area contributed by atoms with Crippen LogP contribution in [0.1, 0.15) is 43.1 Å². The van der Waals surface area contributed by atoms with E-state index in [0.717, 1.165) is 24.0 Å². The van der Waals surface area contributed by atoms with Crippen molar-refractivity contribution in [1.82, 2.24) is 0 Å². The number of thioether (sulfide) groups is 1. The Morgan fingerprint density at radius 3 is 1.79 bits per heavy atom. The maximum Gasteiger partial charge on any atom is 0.203 e. The third kappa shape index (κ3) is 5.99. The second-order valence-electron chi connectivity index (χ2n) is 8.66. The van der Waals surface area contributed by atoms with Crippen LogP contribution in [0.4, 0.5) is 17.6 Å². The van der Waals surface area contributed by atoms with Crippen LogP contribution in [0.3, 0.4) is 0 Å². The van der Waals surface area contributed by atoms with E-state index in [1.54, 1.807) is 39.5 Å². The zero-order valence-corrected chi connectivity index (χ0v) is 22.8. The highest BCUT2D eigenvalue weighted by atomic mass is 32.2. The molecule has 3 unspecified atom stereocenters. The van der Waals surface area contributed by atoms with E-state index in [2.05, 4.69) is 0 Å². The third-order valence-corrected chi connectivity index (χ3v) is 7.31. The number of benzene rings is 3. The molecule has 0 aromatic heterocycles. The number of halogens is 4. The summed E-state index contributed by atoms with van der Waals surface area (Å²) in [7, 11) is 6.11. The predicted molar refractivity (Wildman–Crippen MR) is 137 cm³/mol. The van der Waals surface area contributed by atoms with Gasteiger partial charge < -0.3 is 28.4 Å². The van der Waals surface area contributed by atoms with Crippen molar-refractivity contribution in [3.05, 3.63) is 70.8 Å². The van der Waals surface area contributed by atoms with Crippen LogP contribution in [0.25, 0.3) is 0 Å². The molecule has 3 atom stereocenters. The van der Waals surface area contributed by atoms with Crippen LogP contribution < -0.4 is 23.7 Å². The first-order valence-corrected chi connectivity index (χ1v) is 12.9. The summed E-state index contributed by atoms with van der Waals surface area (Å²) in [6.45, 7) is 1.50. The molecular formula is C28H28F4O6S. The van der Waals surface area contributed by atoms with Crippen molar-refractivity contribution in [2.24, 2.45) is 0 Å². The van der Waals surface area contributed by atoms with E-state index < -0.39 is 33.6 Å². The molecule has 6 nitrogen and oxygen atoms in total. The van der Waals surface area contributed by atoms with Gasteiger partial charge in [0.25, 0.3) is 0 Å². The molecule has 0 saturated carbocycles. The third-order valence-electron chi connectivity index (χ3n) is 6.29. The number of hydrogen-bond acceptors (Lipinski definition) is 7. The number of hydrogen-bond donors (Lipinski definition) is 0. The van der Waals surface area contributed by atoms with Gasteiger partial charge in [-0.3, -0.25) is 0 Å². The van der Waals surface area contributed by atoms with Gasteiger partial charge in [0.05, 0.1) is 45.5 Å². The average Bonchev–Trinajstić information content (AvgIpc) is 3.44. The van der Waals surface area contributed by atoms with Gasteiger partial charge in [0.2, 0.25) is 5.75 Å². The summed E-state index contributed by atoms with van der Waals surface area (Å²) in [4.78, 5) is -0.798. The van der Waals surface area contributed by atoms with Gasteiger partial charge in [-0.2, -0.15) is 0 Å². The minimum absolute atomic E-state index is 0.166. The molecule has 0 bridgehead atoms. The van der Waals surface area contributed by atoms with Crippen LogP contribution in [0.2, 0.25) is 0 Å². The average molecular weight is 569 g/mol. The minimum Gasteiger partial charge on any atom is -0.493 e. The van der Waals surface area contributed by atoms with Crippen molar-refractivity contribution >= 4 is 11.8 Å². The first kappa shape index (κ1) is 28.7. The summed E-state index contributed by atoms with van der Waals surface area (Å²) in [5.41, 5.74) is 0.832. The molecule has 3 aromatic rings. The van der Waals surface area contributed by atoms with Crippen molar-refractivity contribution < 1.29 is 46.0 Å². The van der Waals surface area contributed by atoms with E-state index >= 15 is 0 Å². The van der Waals surface area contributed by atoms with Gasteiger partial charge in [-0.25, -0.2) is 17.6 Å². The zero-order valence-electron chi connectivity index (χ0n) is 22.0. The molecule has 39 heavy (non-hydrogen) atoms. The topological polar surface area (TPSA) is 55.4 Å². The Labute approximate surface area is 228 Å². The van der Waals surface area contributed by atoms with Crippen LogP contribution in [-0.4, -0.2) is 33.9 Å². The van der Waals surface area contributed by atoms with Crippen LogP contribution in [0, 0.1) is 23.3 Å². The molecule has 1 heterocycles. The molecule has 1 aliphatic heterocycles. The van der Waals surface area contributed by atoms with E-state index in [0.29, 0.717) is 34.8 Å². The molecule has 210 valence electrons. The van der Waals surface area contributed by atoms with Crippen LogP contribution in [-0.2, 0) is 4.74 Å². The Morgan fingerprint density at radius 1 is 0.718 bits per heavy atom.